The van der Waals surface area contributed by atoms with Gasteiger partial charge in [-0.1, -0.05) is 0 Å². The zero-order valence-electron chi connectivity index (χ0n) is 12.8. The van der Waals surface area contributed by atoms with Crippen LogP contribution >= 0.6 is 0 Å². The van der Waals surface area contributed by atoms with Gasteiger partial charge in [-0.2, -0.15) is 0 Å². The zero-order valence-corrected chi connectivity index (χ0v) is 12.8. The largest absolute Gasteiger partial charge is 0.378 e. The van der Waals surface area contributed by atoms with Crippen LogP contribution < -0.4 is 0 Å². The van der Waals surface area contributed by atoms with Gasteiger partial charge >= 0.3 is 0 Å². The van der Waals surface area contributed by atoms with E-state index in [2.05, 4.69) is 9.89 Å². The Morgan fingerprint density at radius 3 is 2.38 bits per heavy atom. The highest BCUT2D eigenvalue weighted by molar-refractivity contribution is 6.21. The molecule has 0 amide bonds. The summed E-state index contributed by atoms with van der Waals surface area (Å²) in [6.45, 7) is 8.38. The monoisotopic (exact) mass is 291 g/mol. The van der Waals surface area contributed by atoms with Crippen molar-refractivity contribution in [1.29, 1.82) is 0 Å². The molecule has 0 unspecified atom stereocenters. The fourth-order valence-corrected chi connectivity index (χ4v) is 2.62. The quantitative estimate of drug-likeness (QED) is 0.438. The van der Waals surface area contributed by atoms with Gasteiger partial charge in [0.1, 0.15) is 5.82 Å². The van der Waals surface area contributed by atoms with E-state index in [4.69, 9.17) is 4.74 Å². The molecule has 1 fully saturated rings. The number of allylic oxidation sites excluding steroid dienone is 2. The number of ether oxygens (including phenoxy) is 1. The van der Waals surface area contributed by atoms with Gasteiger partial charge < -0.3 is 14.5 Å². The molecule has 0 saturated carbocycles. The molecule has 0 spiro atoms. The van der Waals surface area contributed by atoms with E-state index in [9.17, 15) is 9.59 Å². The Kier molecular flexibility index (Phi) is 4.90. The van der Waals surface area contributed by atoms with Crippen LogP contribution in [0.5, 0.6) is 0 Å². The van der Waals surface area contributed by atoms with Crippen molar-refractivity contribution in [3.63, 3.8) is 0 Å². The highest BCUT2D eigenvalue weighted by Crippen LogP contribution is 2.23. The third-order valence-electron chi connectivity index (χ3n) is 3.57. The summed E-state index contributed by atoms with van der Waals surface area (Å²) >= 11 is 0. The average molecular weight is 291 g/mol. The van der Waals surface area contributed by atoms with E-state index in [1.807, 2.05) is 11.8 Å². The number of ketones is 2. The number of rotatable bonds is 4. The summed E-state index contributed by atoms with van der Waals surface area (Å²) in [5.41, 5.74) is 0.793. The fraction of sp³-hybridized carbons (Fsp3) is 0.533. The summed E-state index contributed by atoms with van der Waals surface area (Å²) < 4.78 is 5.36. The van der Waals surface area contributed by atoms with Crippen LogP contribution in [-0.4, -0.2) is 60.4 Å². The van der Waals surface area contributed by atoms with Gasteiger partial charge in [-0.3, -0.25) is 14.6 Å². The predicted octanol–water partition coefficient (Wildman–Crippen LogP) is 0.956. The molecule has 0 aromatic carbocycles. The molecule has 2 rings (SSSR count). The van der Waals surface area contributed by atoms with Crippen molar-refractivity contribution in [2.45, 2.75) is 20.8 Å². The maximum Gasteiger partial charge on any atom is 0.165 e. The lowest BCUT2D eigenvalue weighted by molar-refractivity contribution is -0.119. The number of nitrogens with zero attached hydrogens (tertiary/aromatic N) is 3. The number of hydrogen-bond acceptors (Lipinski definition) is 6. The van der Waals surface area contributed by atoms with E-state index in [0.717, 1.165) is 18.9 Å². The van der Waals surface area contributed by atoms with Crippen molar-refractivity contribution in [1.82, 2.24) is 9.80 Å². The van der Waals surface area contributed by atoms with Crippen LogP contribution in [0.15, 0.2) is 28.3 Å². The highest BCUT2D eigenvalue weighted by Gasteiger charge is 2.27. The minimum atomic E-state index is -0.231. The minimum absolute atomic E-state index is 0.208. The molecular weight excluding hydrogens is 270 g/mol. The third kappa shape index (κ3) is 3.21. The molecule has 6 heteroatoms. The van der Waals surface area contributed by atoms with E-state index in [1.165, 1.54) is 13.8 Å². The Balaban J connectivity index is 2.40. The molecule has 0 N–H and O–H groups in total. The summed E-state index contributed by atoms with van der Waals surface area (Å²) in [5, 5.41) is 0. The van der Waals surface area contributed by atoms with Gasteiger partial charge in [0.2, 0.25) is 0 Å². The SMILES string of the molecule is CCN1C(N2CCOCC2)=CN=CC1=C(C(C)=O)C(C)=O. The molecule has 2 aliphatic heterocycles. The Morgan fingerprint density at radius 2 is 1.86 bits per heavy atom. The molecule has 2 aliphatic rings. The molecule has 114 valence electrons. The molecule has 0 bridgehead atoms. The summed E-state index contributed by atoms with van der Waals surface area (Å²) in [6.07, 6.45) is 3.36. The molecule has 1 saturated heterocycles. The van der Waals surface area contributed by atoms with E-state index in [-0.39, 0.29) is 17.1 Å². The number of morpholine rings is 1. The van der Waals surface area contributed by atoms with E-state index >= 15 is 0 Å². The first-order valence-electron chi connectivity index (χ1n) is 7.16. The molecule has 0 aliphatic carbocycles. The summed E-state index contributed by atoms with van der Waals surface area (Å²) in [7, 11) is 0. The van der Waals surface area contributed by atoms with Crippen molar-refractivity contribution in [3.8, 4) is 0 Å². The number of carbonyl (C=O) groups excluding carboxylic acids is 2. The standard InChI is InChI=1S/C15H21N3O3/c1-4-18-13(15(11(2)19)12(3)20)9-16-10-14(18)17-5-7-21-8-6-17/h9-10H,4-8H2,1-3H3. The molecule has 0 atom stereocenters. The van der Waals surface area contributed by atoms with Crippen LogP contribution in [0.3, 0.4) is 0 Å². The van der Waals surface area contributed by atoms with Crippen LogP contribution in [0.2, 0.25) is 0 Å². The summed E-state index contributed by atoms with van der Waals surface area (Å²) in [6, 6.07) is 0. The van der Waals surface area contributed by atoms with Gasteiger partial charge in [-0.15, -0.1) is 0 Å². The smallest absolute Gasteiger partial charge is 0.165 e. The molecule has 0 radical (unpaired) electrons. The first-order valence-corrected chi connectivity index (χ1v) is 7.16. The van der Waals surface area contributed by atoms with Gasteiger partial charge in [0.15, 0.2) is 11.6 Å². The lowest BCUT2D eigenvalue weighted by atomic mass is 10.0. The van der Waals surface area contributed by atoms with Crippen molar-refractivity contribution >= 4 is 17.8 Å². The van der Waals surface area contributed by atoms with Gasteiger partial charge in [-0.05, 0) is 20.8 Å². The lowest BCUT2D eigenvalue weighted by Crippen LogP contribution is -2.43. The van der Waals surface area contributed by atoms with Gasteiger partial charge in [0.05, 0.1) is 36.9 Å². The van der Waals surface area contributed by atoms with E-state index in [0.29, 0.717) is 25.5 Å². The second kappa shape index (κ2) is 6.67. The van der Waals surface area contributed by atoms with Gasteiger partial charge in [0.25, 0.3) is 0 Å². The van der Waals surface area contributed by atoms with Crippen LogP contribution in [0.25, 0.3) is 0 Å². The predicted molar refractivity (Wildman–Crippen MR) is 79.7 cm³/mol. The van der Waals surface area contributed by atoms with Crippen LogP contribution in [-0.2, 0) is 14.3 Å². The van der Waals surface area contributed by atoms with Gasteiger partial charge in [-0.25, -0.2) is 0 Å². The van der Waals surface area contributed by atoms with Crippen molar-refractivity contribution in [2.75, 3.05) is 32.8 Å². The Morgan fingerprint density at radius 1 is 1.24 bits per heavy atom. The maximum absolute atomic E-state index is 11.8. The maximum atomic E-state index is 11.8. The van der Waals surface area contributed by atoms with E-state index in [1.54, 1.807) is 12.4 Å². The van der Waals surface area contributed by atoms with Crippen LogP contribution in [0.4, 0.5) is 0 Å². The normalized spacial score (nSPS) is 18.6. The summed E-state index contributed by atoms with van der Waals surface area (Å²) in [4.78, 5) is 32.0. The number of carbonyl (C=O) groups is 2. The second-order valence-electron chi connectivity index (χ2n) is 4.98. The molecule has 6 nitrogen and oxygen atoms in total. The molecule has 0 aromatic heterocycles. The first kappa shape index (κ1) is 15.4. The number of hydrogen-bond donors (Lipinski definition) is 0. The van der Waals surface area contributed by atoms with Crippen molar-refractivity contribution < 1.29 is 14.3 Å². The third-order valence-corrected chi connectivity index (χ3v) is 3.57. The minimum Gasteiger partial charge on any atom is -0.378 e. The van der Waals surface area contributed by atoms with Gasteiger partial charge in [0, 0.05) is 19.6 Å². The highest BCUT2D eigenvalue weighted by atomic mass is 16.5. The molecule has 2 heterocycles. The Labute approximate surface area is 124 Å². The lowest BCUT2D eigenvalue weighted by Gasteiger charge is -2.39. The molecule has 21 heavy (non-hydrogen) atoms. The molecular formula is C15H21N3O3. The van der Waals surface area contributed by atoms with Crippen LogP contribution in [0, 0.1) is 0 Å². The number of aliphatic imine (C=N–C) groups is 1. The zero-order chi connectivity index (χ0) is 15.4. The van der Waals surface area contributed by atoms with E-state index < -0.39 is 0 Å². The fourth-order valence-electron chi connectivity index (χ4n) is 2.62. The first-order chi connectivity index (χ1) is 10.1. The van der Waals surface area contributed by atoms with Crippen molar-refractivity contribution in [2.24, 2.45) is 4.99 Å². The number of Topliss-reactive ketones (excluding diaryl/α,β-unsaturated/α-hetero) is 2. The second-order valence-corrected chi connectivity index (χ2v) is 4.98. The molecule has 0 aromatic rings. The van der Waals surface area contributed by atoms with Crippen molar-refractivity contribution in [3.05, 3.63) is 23.3 Å². The topological polar surface area (TPSA) is 62.2 Å². The Bertz CT molecular complexity index is 512. The van der Waals surface area contributed by atoms with Crippen LogP contribution in [0.1, 0.15) is 20.8 Å². The summed E-state index contributed by atoms with van der Waals surface area (Å²) in [5.74, 6) is 0.453. The Hall–Kier alpha value is -1.95. The average Bonchev–Trinajstić information content (AvgIpc) is 2.47.